The van der Waals surface area contributed by atoms with Crippen LogP contribution in [0.2, 0.25) is 0 Å². The minimum atomic E-state index is -5.99. The van der Waals surface area contributed by atoms with Gasteiger partial charge in [0.2, 0.25) is 11.6 Å². The van der Waals surface area contributed by atoms with Crippen molar-refractivity contribution >= 4 is 21.5 Å². The van der Waals surface area contributed by atoms with E-state index in [1.807, 2.05) is 0 Å². The van der Waals surface area contributed by atoms with Gasteiger partial charge in [-0.25, -0.2) is 39.5 Å². The maximum absolute atomic E-state index is 15.4. The van der Waals surface area contributed by atoms with Crippen molar-refractivity contribution < 1.29 is 66.2 Å². The second kappa shape index (κ2) is 10.0. The monoisotopic (exact) mass is 626 g/mol. The Bertz CT molecular complexity index is 1960. The molecule has 0 saturated carbocycles. The third-order valence-corrected chi connectivity index (χ3v) is 6.60. The average molecular weight is 626 g/mol. The van der Waals surface area contributed by atoms with Gasteiger partial charge in [-0.15, -0.1) is 0 Å². The molecule has 224 valence electrons. The van der Waals surface area contributed by atoms with Crippen LogP contribution in [0, 0.1) is 64.0 Å². The summed E-state index contributed by atoms with van der Waals surface area (Å²) >= 11 is 0. The van der Waals surface area contributed by atoms with Gasteiger partial charge in [0, 0.05) is 21.9 Å². The Morgan fingerprint density at radius 2 is 0.907 bits per heavy atom. The van der Waals surface area contributed by atoms with E-state index in [0.717, 1.165) is 0 Å². The molecule has 5 rings (SSSR count). The van der Waals surface area contributed by atoms with Crippen molar-refractivity contribution in [2.45, 2.75) is 6.18 Å². The number of methoxy groups -OCH3 is 1. The Hall–Kier alpha value is -4.56. The number of fused-ring (bicyclic) bond motifs is 2. The van der Waals surface area contributed by atoms with E-state index < -0.39 is 125 Å². The molecular formula is C28H8F14O. The number of rotatable bonds is 3. The molecule has 0 radical (unpaired) electrons. The summed E-state index contributed by atoms with van der Waals surface area (Å²) in [5.41, 5.74) is -9.62. The van der Waals surface area contributed by atoms with Crippen molar-refractivity contribution in [1.29, 1.82) is 0 Å². The summed E-state index contributed by atoms with van der Waals surface area (Å²) in [4.78, 5) is 0. The lowest BCUT2D eigenvalue weighted by atomic mass is 9.84. The van der Waals surface area contributed by atoms with Crippen LogP contribution in [0.5, 0.6) is 5.75 Å². The van der Waals surface area contributed by atoms with Gasteiger partial charge in [-0.05, 0) is 35.0 Å². The molecule has 0 saturated heterocycles. The molecule has 0 unspecified atom stereocenters. The molecule has 0 aliphatic rings. The summed E-state index contributed by atoms with van der Waals surface area (Å²) in [5, 5.41) is -4.95. The average Bonchev–Trinajstić information content (AvgIpc) is 2.93. The highest BCUT2D eigenvalue weighted by Gasteiger charge is 2.43. The van der Waals surface area contributed by atoms with E-state index in [4.69, 9.17) is 0 Å². The topological polar surface area (TPSA) is 9.23 Å². The Labute approximate surface area is 229 Å². The molecule has 0 aliphatic carbocycles. The molecular weight excluding hydrogens is 618 g/mol. The van der Waals surface area contributed by atoms with E-state index in [1.165, 1.54) is 0 Å². The van der Waals surface area contributed by atoms with Gasteiger partial charge in [0.1, 0.15) is 23.0 Å². The van der Waals surface area contributed by atoms with Gasteiger partial charge in [0.15, 0.2) is 40.7 Å². The summed E-state index contributed by atoms with van der Waals surface area (Å²) < 4.78 is 209. The van der Waals surface area contributed by atoms with E-state index in [1.54, 1.807) is 0 Å². The standard InChI is InChI=1S/C28H8F14O/c1-43-27-25(38)21(34)17(22(35)26(27)39)13-9-6-7(29)2-3-8(9)12(14-10(30)4-5-11(31)15(13)14)16-19(32)23(36)18(28(40,41)42)24(37)20(16)33/h2-6H,1H3. The maximum Gasteiger partial charge on any atom is 0.422 e. The molecule has 5 aromatic rings. The first-order valence-electron chi connectivity index (χ1n) is 11.4. The van der Waals surface area contributed by atoms with Crippen LogP contribution < -0.4 is 4.74 Å². The second-order valence-corrected chi connectivity index (χ2v) is 8.89. The normalized spacial score (nSPS) is 12.1. The predicted octanol–water partition coefficient (Wildman–Crippen LogP) is 9.88. The van der Waals surface area contributed by atoms with Crippen LogP contribution in [0.1, 0.15) is 5.56 Å². The van der Waals surface area contributed by atoms with Crippen LogP contribution in [-0.4, -0.2) is 7.11 Å². The number of hydrogen-bond donors (Lipinski definition) is 0. The molecule has 0 amide bonds. The van der Waals surface area contributed by atoms with Gasteiger partial charge in [-0.3, -0.25) is 0 Å². The van der Waals surface area contributed by atoms with Gasteiger partial charge in [-0.2, -0.15) is 22.0 Å². The summed E-state index contributed by atoms with van der Waals surface area (Å²) in [5.74, 6) is -26.9. The fraction of sp³-hybridized carbons (Fsp3) is 0.0714. The molecule has 0 aromatic heterocycles. The Balaban J connectivity index is 2.14. The lowest BCUT2D eigenvalue weighted by Crippen LogP contribution is -2.16. The summed E-state index contributed by atoms with van der Waals surface area (Å²) in [6.07, 6.45) is -5.99. The van der Waals surface area contributed by atoms with Crippen molar-refractivity contribution in [3.8, 4) is 28.0 Å². The molecule has 0 atom stereocenters. The zero-order chi connectivity index (χ0) is 31.9. The van der Waals surface area contributed by atoms with Gasteiger partial charge in [0.25, 0.3) is 0 Å². The molecule has 1 nitrogen and oxygen atoms in total. The fourth-order valence-corrected chi connectivity index (χ4v) is 4.88. The SMILES string of the molecule is COc1c(F)c(F)c(-c2c3cc(F)ccc3c(-c3c(F)c(F)c(C(F)(F)F)c(F)c3F)c3c(F)ccc(F)c23)c(F)c1F. The highest BCUT2D eigenvalue weighted by atomic mass is 19.4. The minimum absolute atomic E-state index is 0.259. The number of hydrogen-bond acceptors (Lipinski definition) is 1. The Morgan fingerprint density at radius 3 is 1.33 bits per heavy atom. The van der Waals surface area contributed by atoms with Gasteiger partial charge in [-0.1, -0.05) is 6.07 Å². The van der Waals surface area contributed by atoms with E-state index >= 15 is 26.3 Å². The van der Waals surface area contributed by atoms with E-state index in [-0.39, 0.29) is 18.2 Å². The van der Waals surface area contributed by atoms with E-state index in [9.17, 15) is 35.1 Å². The maximum atomic E-state index is 15.4. The zero-order valence-corrected chi connectivity index (χ0v) is 20.6. The molecule has 0 N–H and O–H groups in total. The van der Waals surface area contributed by atoms with Crippen LogP contribution >= 0.6 is 0 Å². The highest BCUT2D eigenvalue weighted by molar-refractivity contribution is 6.22. The first-order valence-corrected chi connectivity index (χ1v) is 11.4. The zero-order valence-electron chi connectivity index (χ0n) is 20.6. The lowest BCUT2D eigenvalue weighted by molar-refractivity contribution is -0.143. The molecule has 0 heterocycles. The molecule has 0 spiro atoms. The van der Waals surface area contributed by atoms with Gasteiger partial charge in [0.05, 0.1) is 18.2 Å². The van der Waals surface area contributed by atoms with Crippen LogP contribution in [0.15, 0.2) is 30.3 Å². The predicted molar refractivity (Wildman–Crippen MR) is 123 cm³/mol. The lowest BCUT2D eigenvalue weighted by Gasteiger charge is -2.21. The van der Waals surface area contributed by atoms with Crippen molar-refractivity contribution in [3.63, 3.8) is 0 Å². The number of alkyl halides is 3. The van der Waals surface area contributed by atoms with Crippen LogP contribution in [0.3, 0.4) is 0 Å². The second-order valence-electron chi connectivity index (χ2n) is 8.89. The van der Waals surface area contributed by atoms with Crippen molar-refractivity contribution in [2.75, 3.05) is 7.11 Å². The molecule has 0 fully saturated rings. The van der Waals surface area contributed by atoms with Crippen molar-refractivity contribution in [2.24, 2.45) is 0 Å². The smallest absolute Gasteiger partial charge is 0.422 e. The van der Waals surface area contributed by atoms with Crippen molar-refractivity contribution in [1.82, 2.24) is 0 Å². The number of ether oxygens (including phenoxy) is 1. The van der Waals surface area contributed by atoms with Crippen LogP contribution in [-0.2, 0) is 6.18 Å². The van der Waals surface area contributed by atoms with Crippen molar-refractivity contribution in [3.05, 3.63) is 99.9 Å². The Kier molecular flexibility index (Phi) is 6.97. The summed E-state index contributed by atoms with van der Waals surface area (Å²) in [7, 11) is 0.621. The summed E-state index contributed by atoms with van der Waals surface area (Å²) in [6.45, 7) is 0. The molecule has 5 aromatic carbocycles. The van der Waals surface area contributed by atoms with E-state index in [0.29, 0.717) is 19.2 Å². The highest BCUT2D eigenvalue weighted by Crippen LogP contribution is 2.50. The van der Waals surface area contributed by atoms with E-state index in [2.05, 4.69) is 4.74 Å². The third-order valence-electron chi connectivity index (χ3n) is 6.60. The first kappa shape index (κ1) is 29.9. The quantitative estimate of drug-likeness (QED) is 0.110. The van der Waals surface area contributed by atoms with Crippen LogP contribution in [0.4, 0.5) is 61.5 Å². The number of halogens is 14. The number of benzene rings is 5. The van der Waals surface area contributed by atoms with Gasteiger partial charge < -0.3 is 4.74 Å². The summed E-state index contributed by atoms with van der Waals surface area (Å²) in [6, 6.07) is 1.76. The third kappa shape index (κ3) is 4.23. The molecule has 15 heteroatoms. The van der Waals surface area contributed by atoms with Gasteiger partial charge >= 0.3 is 6.18 Å². The Morgan fingerprint density at radius 1 is 0.488 bits per heavy atom. The molecule has 0 aliphatic heterocycles. The molecule has 43 heavy (non-hydrogen) atoms. The molecule has 0 bridgehead atoms. The largest absolute Gasteiger partial charge is 0.491 e. The fourth-order valence-electron chi connectivity index (χ4n) is 4.88. The minimum Gasteiger partial charge on any atom is -0.491 e. The van der Waals surface area contributed by atoms with Crippen LogP contribution in [0.25, 0.3) is 43.8 Å². The first-order chi connectivity index (χ1) is 20.0.